The van der Waals surface area contributed by atoms with Crippen molar-refractivity contribution in [1.29, 1.82) is 0 Å². The van der Waals surface area contributed by atoms with Crippen molar-refractivity contribution in [2.45, 2.75) is 25.8 Å². The van der Waals surface area contributed by atoms with Gasteiger partial charge in [0.05, 0.1) is 21.3 Å². The van der Waals surface area contributed by atoms with Crippen LogP contribution in [0.25, 0.3) is 0 Å². The first kappa shape index (κ1) is 15.2. The molecule has 0 amide bonds. The zero-order valence-electron chi connectivity index (χ0n) is 13.0. The highest BCUT2D eigenvalue weighted by atomic mass is 16.5. The van der Waals surface area contributed by atoms with E-state index >= 15 is 0 Å². The molecular formula is C15H20N2O4. The van der Waals surface area contributed by atoms with Crippen LogP contribution in [-0.4, -0.2) is 43.7 Å². The summed E-state index contributed by atoms with van der Waals surface area (Å²) < 4.78 is 17.6. The molecule has 0 aromatic heterocycles. The van der Waals surface area contributed by atoms with Crippen molar-refractivity contribution < 1.29 is 24.0 Å². The summed E-state index contributed by atoms with van der Waals surface area (Å²) in [6, 6.07) is 3.63. The third-order valence-electron chi connectivity index (χ3n) is 3.38. The topological polar surface area (TPSA) is 66.1 Å². The molecule has 1 aromatic carbocycles. The molecule has 0 spiro atoms. The van der Waals surface area contributed by atoms with Crippen LogP contribution in [0.15, 0.2) is 17.2 Å². The van der Waals surface area contributed by atoms with E-state index < -0.39 is 0 Å². The summed E-state index contributed by atoms with van der Waals surface area (Å²) in [5, 5.41) is 15.5. The maximum Gasteiger partial charge on any atom is 0.204 e. The number of hydrogen-bond donors (Lipinski definition) is 0. The minimum Gasteiger partial charge on any atom is -0.857 e. The maximum atomic E-state index is 11.5. The van der Waals surface area contributed by atoms with Gasteiger partial charge in [0.15, 0.2) is 17.0 Å². The van der Waals surface area contributed by atoms with Gasteiger partial charge >= 0.3 is 0 Å². The van der Waals surface area contributed by atoms with E-state index in [0.717, 1.165) is 5.56 Å². The average Bonchev–Trinajstić information content (AvgIpc) is 2.69. The van der Waals surface area contributed by atoms with Gasteiger partial charge in [-0.05, 0) is 17.2 Å². The van der Waals surface area contributed by atoms with Gasteiger partial charge in [-0.15, -0.1) is 0 Å². The standard InChI is InChI=1S/C15H20N2O4/c1-15(2)8-13(18)16-17(15)9-10-6-11(19-3)14(21-5)12(7-10)20-4/h6-7,9H,8H2,1-5H3/b17-9-. The minimum absolute atomic E-state index is 0.122. The first-order chi connectivity index (χ1) is 9.91. The van der Waals surface area contributed by atoms with Gasteiger partial charge in [-0.2, -0.15) is 0 Å². The van der Waals surface area contributed by atoms with Crippen LogP contribution in [0.5, 0.6) is 17.2 Å². The summed E-state index contributed by atoms with van der Waals surface area (Å²) in [6.45, 7) is 3.94. The normalized spacial score (nSPS) is 18.5. The Morgan fingerprint density at radius 1 is 1.14 bits per heavy atom. The molecule has 6 nitrogen and oxygen atoms in total. The van der Waals surface area contributed by atoms with Gasteiger partial charge in [0.2, 0.25) is 12.0 Å². The van der Waals surface area contributed by atoms with Crippen molar-refractivity contribution in [3.05, 3.63) is 17.7 Å². The molecule has 1 aliphatic rings. The molecule has 1 aromatic rings. The second-order valence-corrected chi connectivity index (χ2v) is 5.42. The highest BCUT2D eigenvalue weighted by molar-refractivity contribution is 5.80. The predicted molar refractivity (Wildman–Crippen MR) is 77.7 cm³/mol. The molecule has 0 bridgehead atoms. The van der Waals surface area contributed by atoms with Crippen molar-refractivity contribution in [1.82, 2.24) is 0 Å². The maximum absolute atomic E-state index is 11.5. The molecule has 0 unspecified atom stereocenters. The second kappa shape index (κ2) is 5.63. The Morgan fingerprint density at radius 2 is 1.71 bits per heavy atom. The van der Waals surface area contributed by atoms with Crippen molar-refractivity contribution in [3.63, 3.8) is 0 Å². The van der Waals surface area contributed by atoms with Gasteiger partial charge < -0.3 is 19.3 Å². The Bertz CT molecular complexity index is 581. The lowest BCUT2D eigenvalue weighted by molar-refractivity contribution is -0.591. The van der Waals surface area contributed by atoms with E-state index in [1.807, 2.05) is 26.0 Å². The Morgan fingerprint density at radius 3 is 2.10 bits per heavy atom. The van der Waals surface area contributed by atoms with Crippen molar-refractivity contribution >= 4 is 12.1 Å². The lowest BCUT2D eigenvalue weighted by Crippen LogP contribution is -2.31. The fourth-order valence-electron chi connectivity index (χ4n) is 2.26. The van der Waals surface area contributed by atoms with E-state index in [0.29, 0.717) is 23.7 Å². The summed E-state index contributed by atoms with van der Waals surface area (Å²) in [6.07, 6.45) is 2.20. The van der Waals surface area contributed by atoms with Gasteiger partial charge in [0.25, 0.3) is 0 Å². The van der Waals surface area contributed by atoms with Crippen molar-refractivity contribution in [3.8, 4) is 17.2 Å². The zero-order valence-corrected chi connectivity index (χ0v) is 13.0. The Kier molecular flexibility index (Phi) is 4.06. The lowest BCUT2D eigenvalue weighted by Gasteiger charge is -2.13. The molecule has 0 fully saturated rings. The molecule has 0 aliphatic carbocycles. The fraction of sp³-hybridized carbons (Fsp3) is 0.467. The van der Waals surface area contributed by atoms with E-state index in [1.54, 1.807) is 32.2 Å². The van der Waals surface area contributed by atoms with Gasteiger partial charge in [0, 0.05) is 31.7 Å². The molecule has 6 heteroatoms. The molecule has 0 N–H and O–H groups in total. The van der Waals surface area contributed by atoms with E-state index in [4.69, 9.17) is 14.2 Å². The Hall–Kier alpha value is -2.24. The van der Waals surface area contributed by atoms with Crippen molar-refractivity contribution in [2.75, 3.05) is 21.3 Å². The van der Waals surface area contributed by atoms with Gasteiger partial charge in [0.1, 0.15) is 0 Å². The van der Waals surface area contributed by atoms with Crippen LogP contribution >= 0.6 is 0 Å². The van der Waals surface area contributed by atoms with E-state index in [9.17, 15) is 5.11 Å². The summed E-state index contributed by atoms with van der Waals surface area (Å²) in [4.78, 5) is 0. The Balaban J connectivity index is 2.50. The highest BCUT2D eigenvalue weighted by Crippen LogP contribution is 2.38. The smallest absolute Gasteiger partial charge is 0.204 e. The Labute approximate surface area is 124 Å². The van der Waals surface area contributed by atoms with Crippen LogP contribution in [0, 0.1) is 0 Å². The van der Waals surface area contributed by atoms with E-state index in [-0.39, 0.29) is 11.4 Å². The first-order valence-corrected chi connectivity index (χ1v) is 6.60. The number of rotatable bonds is 4. The third-order valence-corrected chi connectivity index (χ3v) is 3.38. The SMILES string of the molecule is COc1cc(/C=[N+]2\N=C([O-])CC2(C)C)cc(OC)c1OC. The van der Waals surface area contributed by atoms with Crippen LogP contribution in [0.2, 0.25) is 0 Å². The van der Waals surface area contributed by atoms with Crippen LogP contribution in [0.4, 0.5) is 0 Å². The molecule has 0 radical (unpaired) electrons. The van der Waals surface area contributed by atoms with Crippen LogP contribution < -0.4 is 19.3 Å². The van der Waals surface area contributed by atoms with Crippen LogP contribution in [0.3, 0.4) is 0 Å². The first-order valence-electron chi connectivity index (χ1n) is 6.60. The van der Waals surface area contributed by atoms with Gasteiger partial charge in [-0.1, -0.05) is 4.68 Å². The molecule has 0 atom stereocenters. The van der Waals surface area contributed by atoms with Crippen LogP contribution in [0.1, 0.15) is 25.8 Å². The monoisotopic (exact) mass is 292 g/mol. The molecule has 1 aliphatic heterocycles. The quantitative estimate of drug-likeness (QED) is 0.777. The number of hydrogen-bond acceptors (Lipinski definition) is 5. The minimum atomic E-state index is -0.336. The van der Waals surface area contributed by atoms with E-state index in [1.165, 1.54) is 0 Å². The third kappa shape index (κ3) is 2.94. The van der Waals surface area contributed by atoms with Gasteiger partial charge in [-0.3, -0.25) is 0 Å². The number of nitrogens with zero attached hydrogens (tertiary/aromatic N) is 2. The molecule has 1 heterocycles. The summed E-state index contributed by atoms with van der Waals surface area (Å²) in [7, 11) is 4.69. The summed E-state index contributed by atoms with van der Waals surface area (Å²) in [5.41, 5.74) is 0.480. The largest absolute Gasteiger partial charge is 0.857 e. The number of ether oxygens (including phenoxy) is 3. The molecule has 0 saturated heterocycles. The lowest BCUT2D eigenvalue weighted by atomic mass is 10.0. The number of benzene rings is 1. The average molecular weight is 292 g/mol. The van der Waals surface area contributed by atoms with Crippen LogP contribution in [-0.2, 0) is 0 Å². The highest BCUT2D eigenvalue weighted by Gasteiger charge is 2.36. The summed E-state index contributed by atoms with van der Waals surface area (Å²) >= 11 is 0. The molecule has 21 heavy (non-hydrogen) atoms. The van der Waals surface area contributed by atoms with E-state index in [2.05, 4.69) is 5.10 Å². The predicted octanol–water partition coefficient (Wildman–Crippen LogP) is 1.000. The zero-order chi connectivity index (χ0) is 15.6. The van der Waals surface area contributed by atoms with Gasteiger partial charge in [-0.25, -0.2) is 0 Å². The molecule has 0 saturated carbocycles. The fourth-order valence-corrected chi connectivity index (χ4v) is 2.26. The molecular weight excluding hydrogens is 272 g/mol. The van der Waals surface area contributed by atoms with Crippen molar-refractivity contribution in [2.24, 2.45) is 5.10 Å². The molecule has 114 valence electrons. The number of methoxy groups -OCH3 is 3. The summed E-state index contributed by atoms with van der Waals surface area (Å²) in [5.74, 6) is 1.53. The molecule has 2 rings (SSSR count). The number of hydrazone groups is 1. The second-order valence-electron chi connectivity index (χ2n) is 5.42.